The Balaban J connectivity index is 1.53. The molecule has 0 atom stereocenters. The van der Waals surface area contributed by atoms with Crippen molar-refractivity contribution < 1.29 is 4.79 Å². The van der Waals surface area contributed by atoms with Crippen LogP contribution in [0.3, 0.4) is 0 Å². The number of nitrogens with two attached hydrogens (primary N) is 1. The molecule has 0 aliphatic rings. The van der Waals surface area contributed by atoms with Gasteiger partial charge in [0.15, 0.2) is 5.82 Å². The average Bonchev–Trinajstić information content (AvgIpc) is 3.37. The number of fused-ring (bicyclic) bond motifs is 1. The van der Waals surface area contributed by atoms with Crippen LogP contribution in [0.1, 0.15) is 6.92 Å². The van der Waals surface area contributed by atoms with Gasteiger partial charge in [0.05, 0.1) is 16.3 Å². The van der Waals surface area contributed by atoms with E-state index >= 15 is 0 Å². The average molecular weight is 410 g/mol. The lowest BCUT2D eigenvalue weighted by Crippen LogP contribution is -2.32. The Morgan fingerprint density at radius 2 is 1.96 bits per heavy atom. The number of hydrogen-bond acceptors (Lipinski definition) is 6. The number of rotatable bonds is 6. The van der Waals surface area contributed by atoms with E-state index in [9.17, 15) is 4.79 Å². The van der Waals surface area contributed by atoms with Crippen LogP contribution in [0.25, 0.3) is 21.5 Å². The molecule has 0 unspecified atom stereocenters. The fourth-order valence-corrected chi connectivity index (χ4v) is 4.52. The molecule has 0 aliphatic heterocycles. The van der Waals surface area contributed by atoms with Crippen molar-refractivity contribution in [2.45, 2.75) is 12.1 Å². The van der Waals surface area contributed by atoms with Crippen molar-refractivity contribution >= 4 is 45.5 Å². The summed E-state index contributed by atoms with van der Waals surface area (Å²) in [5, 5.41) is 12.9. The summed E-state index contributed by atoms with van der Waals surface area (Å²) < 4.78 is 1.44. The minimum Gasteiger partial charge on any atom is -0.335 e. The fraction of sp³-hybridized carbons (Fsp3) is 0.150. The molecule has 2 aromatic heterocycles. The minimum atomic E-state index is 0.00419. The molecule has 0 saturated heterocycles. The van der Waals surface area contributed by atoms with Crippen molar-refractivity contribution in [3.63, 3.8) is 0 Å². The van der Waals surface area contributed by atoms with Gasteiger partial charge in [-0.1, -0.05) is 54.2 Å². The Labute approximate surface area is 171 Å². The number of nitrogen functional groups attached to an aromatic ring is 1. The third kappa shape index (κ3) is 3.48. The summed E-state index contributed by atoms with van der Waals surface area (Å²) in [6.45, 7) is 2.56. The van der Waals surface area contributed by atoms with Gasteiger partial charge in [0.2, 0.25) is 11.1 Å². The van der Waals surface area contributed by atoms with Gasteiger partial charge in [0, 0.05) is 11.9 Å². The number of thiophene rings is 1. The number of carbonyl (C=O) groups is 1. The molecule has 2 N–H and O–H groups in total. The Morgan fingerprint density at radius 1 is 1.14 bits per heavy atom. The Hall–Kier alpha value is -2.84. The van der Waals surface area contributed by atoms with Gasteiger partial charge in [-0.25, -0.2) is 4.68 Å². The summed E-state index contributed by atoms with van der Waals surface area (Å²) in [6.07, 6.45) is 0. The van der Waals surface area contributed by atoms with Gasteiger partial charge in [-0.2, -0.15) is 0 Å². The van der Waals surface area contributed by atoms with Crippen LogP contribution in [0.15, 0.2) is 65.1 Å². The molecule has 4 aromatic rings. The molecule has 1 amide bonds. The normalized spacial score (nSPS) is 11.0. The second kappa shape index (κ2) is 8.04. The monoisotopic (exact) mass is 409 g/mol. The van der Waals surface area contributed by atoms with Crippen LogP contribution < -0.4 is 10.7 Å². The first-order chi connectivity index (χ1) is 13.7. The van der Waals surface area contributed by atoms with E-state index in [-0.39, 0.29) is 11.7 Å². The van der Waals surface area contributed by atoms with Gasteiger partial charge >= 0.3 is 0 Å². The highest BCUT2D eigenvalue weighted by atomic mass is 32.2. The summed E-state index contributed by atoms with van der Waals surface area (Å²) in [6, 6.07) is 18.0. The summed E-state index contributed by atoms with van der Waals surface area (Å²) >= 11 is 2.84. The van der Waals surface area contributed by atoms with E-state index in [1.807, 2.05) is 54.8 Å². The third-order valence-corrected chi connectivity index (χ3v) is 6.20. The number of carbonyl (C=O) groups excluding carboxylic acids is 1. The maximum absolute atomic E-state index is 12.9. The smallest absolute Gasteiger partial charge is 0.237 e. The lowest BCUT2D eigenvalue weighted by Gasteiger charge is -2.22. The Bertz CT molecular complexity index is 1100. The molecule has 0 aliphatic carbocycles. The van der Waals surface area contributed by atoms with E-state index in [1.54, 1.807) is 16.2 Å². The topological polar surface area (TPSA) is 77.0 Å². The van der Waals surface area contributed by atoms with Crippen molar-refractivity contribution in [2.75, 3.05) is 23.0 Å². The number of anilines is 1. The van der Waals surface area contributed by atoms with Crippen molar-refractivity contribution in [2.24, 2.45) is 0 Å². The predicted molar refractivity (Wildman–Crippen MR) is 116 cm³/mol. The quantitative estimate of drug-likeness (QED) is 0.384. The lowest BCUT2D eigenvalue weighted by molar-refractivity contribution is -0.116. The number of thioether (sulfide) groups is 1. The highest BCUT2D eigenvalue weighted by Gasteiger charge is 2.19. The van der Waals surface area contributed by atoms with Crippen molar-refractivity contribution in [1.29, 1.82) is 0 Å². The molecule has 4 rings (SSSR count). The molecular formula is C20H19N5OS2. The molecule has 0 saturated carbocycles. The zero-order chi connectivity index (χ0) is 19.5. The first kappa shape index (κ1) is 18.5. The Morgan fingerprint density at radius 3 is 2.75 bits per heavy atom. The molecule has 0 radical (unpaired) electrons. The van der Waals surface area contributed by atoms with Gasteiger partial charge in [-0.3, -0.25) is 4.79 Å². The first-order valence-electron chi connectivity index (χ1n) is 8.84. The molecule has 2 aromatic carbocycles. The van der Waals surface area contributed by atoms with Crippen LogP contribution in [0.2, 0.25) is 0 Å². The number of benzene rings is 2. The summed E-state index contributed by atoms with van der Waals surface area (Å²) in [4.78, 5) is 15.7. The molecule has 142 valence electrons. The molecule has 28 heavy (non-hydrogen) atoms. The first-order valence-corrected chi connectivity index (χ1v) is 10.7. The van der Waals surface area contributed by atoms with Gasteiger partial charge in [-0.15, -0.1) is 21.5 Å². The molecule has 0 bridgehead atoms. The third-order valence-electron chi connectivity index (χ3n) is 4.41. The van der Waals surface area contributed by atoms with Gasteiger partial charge in [0.1, 0.15) is 0 Å². The van der Waals surface area contributed by atoms with Crippen LogP contribution in [0, 0.1) is 0 Å². The van der Waals surface area contributed by atoms with Gasteiger partial charge in [-0.05, 0) is 29.8 Å². The fourth-order valence-electron chi connectivity index (χ4n) is 3.08. The molecule has 8 heteroatoms. The zero-order valence-corrected chi connectivity index (χ0v) is 16.9. The predicted octanol–water partition coefficient (Wildman–Crippen LogP) is 4.02. The molecule has 0 fully saturated rings. The maximum Gasteiger partial charge on any atom is 0.237 e. The van der Waals surface area contributed by atoms with E-state index in [1.165, 1.54) is 16.4 Å². The van der Waals surface area contributed by atoms with Gasteiger partial charge in [0.25, 0.3) is 0 Å². The lowest BCUT2D eigenvalue weighted by atomic mass is 10.1. The molecular weight excluding hydrogens is 390 g/mol. The van der Waals surface area contributed by atoms with E-state index in [0.717, 1.165) is 21.3 Å². The number of aromatic nitrogens is 3. The second-order valence-electron chi connectivity index (χ2n) is 6.08. The summed E-state index contributed by atoms with van der Waals surface area (Å²) in [5.41, 5.74) is 0.916. The van der Waals surface area contributed by atoms with Gasteiger partial charge < -0.3 is 10.7 Å². The highest BCUT2D eigenvalue weighted by Crippen LogP contribution is 2.29. The van der Waals surface area contributed by atoms with E-state index in [4.69, 9.17) is 5.84 Å². The second-order valence-corrected chi connectivity index (χ2v) is 7.97. The number of hydrogen-bond donors (Lipinski definition) is 1. The number of nitrogens with zero attached hydrogens (tertiary/aromatic N) is 4. The zero-order valence-electron chi connectivity index (χ0n) is 15.3. The van der Waals surface area contributed by atoms with E-state index in [0.29, 0.717) is 17.5 Å². The van der Waals surface area contributed by atoms with Crippen LogP contribution in [0.5, 0.6) is 0 Å². The van der Waals surface area contributed by atoms with Crippen LogP contribution >= 0.6 is 23.1 Å². The minimum absolute atomic E-state index is 0.00419. The molecule has 0 spiro atoms. The molecule has 2 heterocycles. The summed E-state index contributed by atoms with van der Waals surface area (Å²) in [5.74, 6) is 6.97. The number of amides is 1. The largest absolute Gasteiger partial charge is 0.335 e. The highest BCUT2D eigenvalue weighted by molar-refractivity contribution is 7.99. The SMILES string of the molecule is CCN(C(=O)CSc1nnc(-c2cccs2)n1N)c1cccc2ccccc12. The van der Waals surface area contributed by atoms with Crippen LogP contribution in [0.4, 0.5) is 5.69 Å². The van der Waals surface area contributed by atoms with Crippen molar-refractivity contribution in [3.05, 3.63) is 60.0 Å². The standard InChI is InChI=1S/C20H19N5OS2/c1-2-24(16-10-5-8-14-7-3-4-9-15(14)16)18(26)13-28-20-23-22-19(25(20)21)17-11-6-12-27-17/h3-12H,2,13,21H2,1H3. The maximum atomic E-state index is 12.9. The van der Waals surface area contributed by atoms with E-state index in [2.05, 4.69) is 22.3 Å². The molecule has 6 nitrogen and oxygen atoms in total. The van der Waals surface area contributed by atoms with Crippen molar-refractivity contribution in [1.82, 2.24) is 14.9 Å². The van der Waals surface area contributed by atoms with Crippen molar-refractivity contribution in [3.8, 4) is 10.7 Å². The summed E-state index contributed by atoms with van der Waals surface area (Å²) in [7, 11) is 0. The van der Waals surface area contributed by atoms with Crippen LogP contribution in [-0.2, 0) is 4.79 Å². The van der Waals surface area contributed by atoms with E-state index < -0.39 is 0 Å². The van der Waals surface area contributed by atoms with Crippen LogP contribution in [-0.4, -0.2) is 33.1 Å². The Kier molecular flexibility index (Phi) is 5.31.